The van der Waals surface area contributed by atoms with Crippen molar-refractivity contribution in [1.29, 1.82) is 0 Å². The first kappa shape index (κ1) is 12.5. The third-order valence-electron chi connectivity index (χ3n) is 3.25. The van der Waals surface area contributed by atoms with Crippen LogP contribution in [0.15, 0.2) is 30.3 Å². The molecule has 1 fully saturated rings. The van der Waals surface area contributed by atoms with E-state index in [0.29, 0.717) is 0 Å². The second kappa shape index (κ2) is 4.73. The lowest BCUT2D eigenvalue weighted by molar-refractivity contribution is -0.108. The molecular formula is C12H15O4P. The Balaban J connectivity index is 2.27. The van der Waals surface area contributed by atoms with Gasteiger partial charge in [0.05, 0.1) is 5.66 Å². The zero-order valence-corrected chi connectivity index (χ0v) is 10.7. The van der Waals surface area contributed by atoms with E-state index in [1.54, 1.807) is 0 Å². The van der Waals surface area contributed by atoms with Crippen molar-refractivity contribution in [2.24, 2.45) is 5.92 Å². The number of aldehydes is 1. The van der Waals surface area contributed by atoms with Crippen LogP contribution in [0, 0.1) is 5.92 Å². The van der Waals surface area contributed by atoms with Gasteiger partial charge in [-0.3, -0.25) is 4.57 Å². The van der Waals surface area contributed by atoms with E-state index in [1.165, 1.54) is 14.2 Å². The third-order valence-corrected chi connectivity index (χ3v) is 5.67. The summed E-state index contributed by atoms with van der Waals surface area (Å²) in [4.78, 5) is 11.0. The quantitative estimate of drug-likeness (QED) is 0.598. The van der Waals surface area contributed by atoms with Gasteiger partial charge in [-0.15, -0.1) is 0 Å². The topological polar surface area (TPSA) is 52.6 Å². The summed E-state index contributed by atoms with van der Waals surface area (Å²) in [7, 11) is -0.460. The molecule has 0 bridgehead atoms. The molecule has 0 radical (unpaired) electrons. The Morgan fingerprint density at radius 1 is 1.18 bits per heavy atom. The number of carbonyl (C=O) groups excluding carboxylic acids is 1. The average Bonchev–Trinajstić information content (AvgIpc) is 3.14. The molecule has 92 valence electrons. The Morgan fingerprint density at radius 3 is 2.24 bits per heavy atom. The lowest BCUT2D eigenvalue weighted by Crippen LogP contribution is -1.98. The fourth-order valence-electron chi connectivity index (χ4n) is 2.30. The molecule has 2 rings (SSSR count). The highest BCUT2D eigenvalue weighted by atomic mass is 31.2. The van der Waals surface area contributed by atoms with Gasteiger partial charge in [0.25, 0.3) is 0 Å². The van der Waals surface area contributed by atoms with Crippen molar-refractivity contribution in [2.45, 2.75) is 11.6 Å². The van der Waals surface area contributed by atoms with Crippen LogP contribution in [-0.2, 0) is 18.4 Å². The molecule has 5 heteroatoms. The Hall–Kier alpha value is -0.960. The minimum atomic E-state index is -3.17. The monoisotopic (exact) mass is 254 g/mol. The molecule has 0 aromatic heterocycles. The molecule has 0 aliphatic heterocycles. The molecule has 0 amide bonds. The summed E-state index contributed by atoms with van der Waals surface area (Å²) in [5, 5.41) is 0. The Labute approximate surface area is 100 Å². The fourth-order valence-corrected chi connectivity index (χ4v) is 4.28. The van der Waals surface area contributed by atoms with Crippen molar-refractivity contribution in [1.82, 2.24) is 0 Å². The molecular weight excluding hydrogens is 239 g/mol. The Bertz CT molecular complexity index is 437. The molecule has 0 unspecified atom stereocenters. The normalized spacial score (nSPS) is 27.8. The van der Waals surface area contributed by atoms with Gasteiger partial charge < -0.3 is 13.8 Å². The van der Waals surface area contributed by atoms with E-state index in [9.17, 15) is 9.36 Å². The van der Waals surface area contributed by atoms with Gasteiger partial charge in [-0.2, -0.15) is 0 Å². The molecule has 4 nitrogen and oxygen atoms in total. The molecule has 3 atom stereocenters. The van der Waals surface area contributed by atoms with Crippen LogP contribution in [0.3, 0.4) is 0 Å². The highest BCUT2D eigenvalue weighted by Crippen LogP contribution is 2.70. The number of rotatable bonds is 5. The highest BCUT2D eigenvalue weighted by Gasteiger charge is 2.62. The second-order valence-corrected chi connectivity index (χ2v) is 6.45. The Morgan fingerprint density at radius 2 is 1.76 bits per heavy atom. The summed E-state index contributed by atoms with van der Waals surface area (Å²) in [6.45, 7) is 0. The van der Waals surface area contributed by atoms with Crippen molar-refractivity contribution < 1.29 is 18.4 Å². The second-order valence-electron chi connectivity index (χ2n) is 4.05. The van der Waals surface area contributed by atoms with Crippen LogP contribution < -0.4 is 0 Å². The van der Waals surface area contributed by atoms with E-state index in [4.69, 9.17) is 9.05 Å². The Kier molecular flexibility index (Phi) is 3.48. The van der Waals surface area contributed by atoms with E-state index >= 15 is 0 Å². The SMILES string of the molecule is COP(=O)(OC)[C@H]1[C@H](C=O)[C@H]1c1ccccc1. The zero-order chi connectivity index (χ0) is 12.5. The first-order valence-electron chi connectivity index (χ1n) is 5.39. The van der Waals surface area contributed by atoms with E-state index in [1.807, 2.05) is 30.3 Å². The molecule has 1 aliphatic carbocycles. The number of hydrogen-bond donors (Lipinski definition) is 0. The predicted octanol–water partition coefficient (Wildman–Crippen LogP) is 2.45. The molecule has 1 aliphatic rings. The highest BCUT2D eigenvalue weighted by molar-refractivity contribution is 7.55. The molecule has 0 saturated heterocycles. The zero-order valence-electron chi connectivity index (χ0n) is 9.78. The van der Waals surface area contributed by atoms with Gasteiger partial charge in [0.2, 0.25) is 0 Å². The molecule has 1 aromatic carbocycles. The van der Waals surface area contributed by atoms with Gasteiger partial charge in [-0.05, 0) is 5.56 Å². The average molecular weight is 254 g/mol. The van der Waals surface area contributed by atoms with Gasteiger partial charge in [0.15, 0.2) is 0 Å². The number of carbonyl (C=O) groups is 1. The van der Waals surface area contributed by atoms with Gasteiger partial charge in [0.1, 0.15) is 6.29 Å². The summed E-state index contributed by atoms with van der Waals surface area (Å²) in [5.74, 6) is -0.331. The van der Waals surface area contributed by atoms with Crippen LogP contribution in [0.5, 0.6) is 0 Å². The van der Waals surface area contributed by atoms with E-state index in [0.717, 1.165) is 11.8 Å². The van der Waals surface area contributed by atoms with Crippen molar-refractivity contribution in [3.63, 3.8) is 0 Å². The smallest absolute Gasteiger partial charge is 0.312 e. The van der Waals surface area contributed by atoms with Crippen LogP contribution in [0.2, 0.25) is 0 Å². The summed E-state index contributed by atoms with van der Waals surface area (Å²) in [6, 6.07) is 9.56. The summed E-state index contributed by atoms with van der Waals surface area (Å²) < 4.78 is 22.2. The summed E-state index contributed by atoms with van der Waals surface area (Å²) in [5.41, 5.74) is 0.654. The van der Waals surface area contributed by atoms with Crippen molar-refractivity contribution in [2.75, 3.05) is 14.2 Å². The molecule has 0 spiro atoms. The van der Waals surface area contributed by atoms with Crippen LogP contribution in [0.25, 0.3) is 0 Å². The maximum atomic E-state index is 12.3. The van der Waals surface area contributed by atoms with Crippen molar-refractivity contribution in [3.8, 4) is 0 Å². The van der Waals surface area contributed by atoms with Crippen molar-refractivity contribution >= 4 is 13.9 Å². The minimum absolute atomic E-state index is 0.0561. The lowest BCUT2D eigenvalue weighted by atomic mass is 10.1. The van der Waals surface area contributed by atoms with Crippen LogP contribution in [0.4, 0.5) is 0 Å². The standard InChI is InChI=1S/C12H15O4P/c1-15-17(14,16-2)12-10(8-13)11(12)9-6-4-3-5-7-9/h3-8,10-12H,1-2H3/t10-,11-,12+/m1/s1. The molecule has 1 saturated carbocycles. The largest absolute Gasteiger partial charge is 0.334 e. The van der Waals surface area contributed by atoms with E-state index < -0.39 is 7.60 Å². The number of benzene rings is 1. The lowest BCUT2D eigenvalue weighted by Gasteiger charge is -2.13. The van der Waals surface area contributed by atoms with Gasteiger partial charge in [-0.25, -0.2) is 0 Å². The maximum Gasteiger partial charge on any atom is 0.334 e. The predicted molar refractivity (Wildman–Crippen MR) is 64.1 cm³/mol. The molecule has 17 heavy (non-hydrogen) atoms. The minimum Gasteiger partial charge on any atom is -0.312 e. The van der Waals surface area contributed by atoms with Crippen molar-refractivity contribution in [3.05, 3.63) is 35.9 Å². The fraction of sp³-hybridized carbons (Fsp3) is 0.417. The maximum absolute atomic E-state index is 12.3. The van der Waals surface area contributed by atoms with E-state index in [2.05, 4.69) is 0 Å². The first-order chi connectivity index (χ1) is 8.18. The summed E-state index contributed by atoms with van der Waals surface area (Å²) >= 11 is 0. The molecule has 0 heterocycles. The van der Waals surface area contributed by atoms with Crippen LogP contribution >= 0.6 is 7.60 Å². The van der Waals surface area contributed by atoms with E-state index in [-0.39, 0.29) is 17.5 Å². The van der Waals surface area contributed by atoms with Gasteiger partial charge in [0, 0.05) is 26.1 Å². The molecule has 1 aromatic rings. The molecule has 0 N–H and O–H groups in total. The van der Waals surface area contributed by atoms with Gasteiger partial charge >= 0.3 is 7.60 Å². The van der Waals surface area contributed by atoms with Crippen LogP contribution in [-0.4, -0.2) is 26.2 Å². The first-order valence-corrected chi connectivity index (χ1v) is 7.00. The third kappa shape index (κ3) is 2.08. The number of hydrogen-bond acceptors (Lipinski definition) is 4. The van der Waals surface area contributed by atoms with Crippen LogP contribution in [0.1, 0.15) is 11.5 Å². The summed E-state index contributed by atoms with van der Waals surface area (Å²) in [6.07, 6.45) is 0.840. The van der Waals surface area contributed by atoms with Gasteiger partial charge in [-0.1, -0.05) is 30.3 Å².